The van der Waals surface area contributed by atoms with Crippen molar-refractivity contribution >= 4 is 12.0 Å². The maximum atomic E-state index is 12.2. The van der Waals surface area contributed by atoms with Crippen LogP contribution in [0.2, 0.25) is 0 Å². The summed E-state index contributed by atoms with van der Waals surface area (Å²) < 4.78 is 5.26. The first-order valence-electron chi connectivity index (χ1n) is 5.75. The number of carbonyl (C=O) groups is 1. The average Bonchev–Trinajstić information content (AvgIpc) is 3.20. The van der Waals surface area contributed by atoms with Crippen LogP contribution in [0.5, 0.6) is 5.75 Å². The molecule has 17 heavy (non-hydrogen) atoms. The lowest BCUT2D eigenvalue weighted by atomic mass is 10.1. The van der Waals surface area contributed by atoms with Crippen LogP contribution in [0.15, 0.2) is 24.8 Å². The van der Waals surface area contributed by atoms with E-state index in [9.17, 15) is 4.79 Å². The van der Waals surface area contributed by atoms with Crippen molar-refractivity contribution in [1.82, 2.24) is 4.90 Å². The summed E-state index contributed by atoms with van der Waals surface area (Å²) in [6, 6.07) is 5.92. The summed E-state index contributed by atoms with van der Waals surface area (Å²) in [4.78, 5) is 14.0. The number of nitrogens with zero attached hydrogens (tertiary/aromatic N) is 1. The highest BCUT2D eigenvalue weighted by Crippen LogP contribution is 2.29. The zero-order valence-electron chi connectivity index (χ0n) is 10.3. The Morgan fingerprint density at radius 1 is 1.53 bits per heavy atom. The van der Waals surface area contributed by atoms with E-state index in [1.807, 2.05) is 19.2 Å². The Kier molecular flexibility index (Phi) is 3.18. The number of carbonyl (C=O) groups excluding carboxylic acids is 1. The second kappa shape index (κ2) is 4.62. The Morgan fingerprint density at radius 2 is 2.24 bits per heavy atom. The van der Waals surface area contributed by atoms with E-state index in [0.717, 1.165) is 18.4 Å². The highest BCUT2D eigenvalue weighted by molar-refractivity contribution is 5.97. The summed E-state index contributed by atoms with van der Waals surface area (Å²) in [5.74, 6) is 0.639. The molecule has 0 heterocycles. The highest BCUT2D eigenvalue weighted by atomic mass is 16.5. The molecule has 1 aromatic carbocycles. The van der Waals surface area contributed by atoms with E-state index in [1.165, 1.54) is 0 Å². The highest BCUT2D eigenvalue weighted by Gasteiger charge is 2.31. The number of amides is 1. The number of rotatable bonds is 4. The van der Waals surface area contributed by atoms with Gasteiger partial charge in [0.25, 0.3) is 5.91 Å². The fourth-order valence-corrected chi connectivity index (χ4v) is 1.83. The minimum absolute atomic E-state index is 0.0277. The number of hydrogen-bond acceptors (Lipinski definition) is 2. The molecule has 2 rings (SSSR count). The van der Waals surface area contributed by atoms with Crippen molar-refractivity contribution in [3.05, 3.63) is 35.9 Å². The summed E-state index contributed by atoms with van der Waals surface area (Å²) >= 11 is 0. The molecule has 1 saturated carbocycles. The van der Waals surface area contributed by atoms with Gasteiger partial charge in [0, 0.05) is 13.1 Å². The van der Waals surface area contributed by atoms with Gasteiger partial charge < -0.3 is 9.64 Å². The van der Waals surface area contributed by atoms with Gasteiger partial charge in [0.1, 0.15) is 5.75 Å². The van der Waals surface area contributed by atoms with Crippen LogP contribution in [0.4, 0.5) is 0 Å². The predicted octanol–water partition coefficient (Wildman–Crippen LogP) is 2.57. The molecule has 0 atom stereocenters. The Morgan fingerprint density at radius 3 is 2.76 bits per heavy atom. The van der Waals surface area contributed by atoms with Gasteiger partial charge in [-0.3, -0.25) is 4.79 Å². The Balaban J connectivity index is 2.30. The molecule has 0 spiro atoms. The largest absolute Gasteiger partial charge is 0.496 e. The van der Waals surface area contributed by atoms with Crippen molar-refractivity contribution in [3.63, 3.8) is 0 Å². The van der Waals surface area contributed by atoms with Crippen molar-refractivity contribution < 1.29 is 9.53 Å². The summed E-state index contributed by atoms with van der Waals surface area (Å²) in [7, 11) is 3.43. The van der Waals surface area contributed by atoms with E-state index in [1.54, 1.807) is 24.2 Å². The van der Waals surface area contributed by atoms with Gasteiger partial charge in [0.05, 0.1) is 12.7 Å². The van der Waals surface area contributed by atoms with Gasteiger partial charge in [0.2, 0.25) is 0 Å². The maximum absolute atomic E-state index is 12.2. The lowest BCUT2D eigenvalue weighted by Crippen LogP contribution is -2.29. The maximum Gasteiger partial charge on any atom is 0.257 e. The minimum atomic E-state index is 0.0277. The van der Waals surface area contributed by atoms with Crippen LogP contribution < -0.4 is 4.74 Å². The Bertz CT molecular complexity index is 450. The summed E-state index contributed by atoms with van der Waals surface area (Å²) in [5.41, 5.74) is 1.57. The van der Waals surface area contributed by atoms with Crippen LogP contribution >= 0.6 is 0 Å². The zero-order valence-corrected chi connectivity index (χ0v) is 10.3. The third-order valence-electron chi connectivity index (χ3n) is 3.11. The second-order valence-electron chi connectivity index (χ2n) is 4.31. The number of methoxy groups -OCH3 is 1. The van der Waals surface area contributed by atoms with E-state index in [0.29, 0.717) is 17.4 Å². The van der Waals surface area contributed by atoms with Gasteiger partial charge in [-0.25, -0.2) is 0 Å². The van der Waals surface area contributed by atoms with E-state index >= 15 is 0 Å². The lowest BCUT2D eigenvalue weighted by Gasteiger charge is -2.18. The summed E-state index contributed by atoms with van der Waals surface area (Å²) in [6.45, 7) is 3.70. The summed E-state index contributed by atoms with van der Waals surface area (Å²) in [6.07, 6.45) is 3.95. The standard InChI is InChI=1S/C14H17NO2/c1-4-10-5-8-12(13(9-10)17-3)14(16)15(2)11-6-7-11/h4-5,8-9,11H,1,6-7H2,2-3H3. The van der Waals surface area contributed by atoms with Crippen LogP contribution in [0.25, 0.3) is 6.08 Å². The molecular weight excluding hydrogens is 214 g/mol. The minimum Gasteiger partial charge on any atom is -0.496 e. The topological polar surface area (TPSA) is 29.5 Å². The first kappa shape index (κ1) is 11.7. The van der Waals surface area contributed by atoms with Crippen LogP contribution in [0.3, 0.4) is 0 Å². The van der Waals surface area contributed by atoms with Crippen LogP contribution in [-0.2, 0) is 0 Å². The van der Waals surface area contributed by atoms with Crippen LogP contribution in [0, 0.1) is 0 Å². The van der Waals surface area contributed by atoms with Gasteiger partial charge >= 0.3 is 0 Å². The molecule has 0 bridgehead atoms. The number of benzene rings is 1. The van der Waals surface area contributed by atoms with E-state index in [4.69, 9.17) is 4.74 Å². The molecule has 0 radical (unpaired) electrons. The summed E-state index contributed by atoms with van der Waals surface area (Å²) in [5, 5.41) is 0. The molecule has 0 aliphatic heterocycles. The fourth-order valence-electron chi connectivity index (χ4n) is 1.83. The van der Waals surface area contributed by atoms with Crippen molar-refractivity contribution in [2.45, 2.75) is 18.9 Å². The quantitative estimate of drug-likeness (QED) is 0.797. The van der Waals surface area contributed by atoms with Crippen LogP contribution in [-0.4, -0.2) is 31.0 Å². The molecule has 0 unspecified atom stereocenters. The molecule has 0 aromatic heterocycles. The molecule has 0 N–H and O–H groups in total. The van der Waals surface area contributed by atoms with Crippen molar-refractivity contribution in [3.8, 4) is 5.75 Å². The zero-order chi connectivity index (χ0) is 12.4. The van der Waals surface area contributed by atoms with E-state index in [2.05, 4.69) is 6.58 Å². The third kappa shape index (κ3) is 2.33. The molecule has 1 aliphatic rings. The van der Waals surface area contributed by atoms with E-state index < -0.39 is 0 Å². The number of ether oxygens (including phenoxy) is 1. The second-order valence-corrected chi connectivity index (χ2v) is 4.31. The molecule has 0 saturated heterocycles. The van der Waals surface area contributed by atoms with Gasteiger partial charge in [0.15, 0.2) is 0 Å². The Labute approximate surface area is 102 Å². The molecule has 90 valence electrons. The van der Waals surface area contributed by atoms with Gasteiger partial charge in [-0.15, -0.1) is 0 Å². The normalized spacial score (nSPS) is 14.2. The van der Waals surface area contributed by atoms with E-state index in [-0.39, 0.29) is 5.91 Å². The van der Waals surface area contributed by atoms with Crippen molar-refractivity contribution in [1.29, 1.82) is 0 Å². The molecule has 1 amide bonds. The molecular formula is C14H17NO2. The van der Waals surface area contributed by atoms with Crippen LogP contribution in [0.1, 0.15) is 28.8 Å². The smallest absolute Gasteiger partial charge is 0.257 e. The third-order valence-corrected chi connectivity index (χ3v) is 3.11. The van der Waals surface area contributed by atoms with Gasteiger partial charge in [-0.05, 0) is 30.5 Å². The lowest BCUT2D eigenvalue weighted by molar-refractivity contribution is 0.0781. The first-order chi connectivity index (χ1) is 8.17. The predicted molar refractivity (Wildman–Crippen MR) is 68.2 cm³/mol. The molecule has 3 heteroatoms. The first-order valence-corrected chi connectivity index (χ1v) is 5.75. The van der Waals surface area contributed by atoms with Crippen molar-refractivity contribution in [2.75, 3.05) is 14.2 Å². The monoisotopic (exact) mass is 231 g/mol. The Hall–Kier alpha value is -1.77. The number of hydrogen-bond donors (Lipinski definition) is 0. The van der Waals surface area contributed by atoms with Gasteiger partial charge in [-0.1, -0.05) is 18.7 Å². The molecule has 1 aliphatic carbocycles. The van der Waals surface area contributed by atoms with Gasteiger partial charge in [-0.2, -0.15) is 0 Å². The molecule has 1 aromatic rings. The fraction of sp³-hybridized carbons (Fsp3) is 0.357. The van der Waals surface area contributed by atoms with Crippen molar-refractivity contribution in [2.24, 2.45) is 0 Å². The average molecular weight is 231 g/mol. The SMILES string of the molecule is C=Cc1ccc(C(=O)N(C)C2CC2)c(OC)c1. The molecule has 3 nitrogen and oxygen atoms in total. The molecule has 1 fully saturated rings.